The second kappa shape index (κ2) is 10.7. The number of carbonyl (C=O) groups excluding carboxylic acids is 1. The number of amides is 1. The minimum absolute atomic E-state index is 0.0169. The van der Waals surface area contributed by atoms with Gasteiger partial charge in [0.05, 0.1) is 27.0 Å². The molecule has 0 aliphatic carbocycles. The van der Waals surface area contributed by atoms with Gasteiger partial charge in [-0.1, -0.05) is 46.2 Å². The third-order valence-corrected chi connectivity index (χ3v) is 8.49. The average molecular weight is 566 g/mol. The highest BCUT2D eigenvalue weighted by atomic mass is 35.5. The van der Waals surface area contributed by atoms with Crippen molar-refractivity contribution in [2.45, 2.75) is 23.8 Å². The molecule has 13 heteroatoms. The zero-order chi connectivity index (χ0) is 25.2. The van der Waals surface area contributed by atoms with Crippen molar-refractivity contribution < 1.29 is 13.7 Å². The number of hydrogen-bond donors (Lipinski definition) is 1. The van der Waals surface area contributed by atoms with Gasteiger partial charge in [-0.2, -0.15) is 4.98 Å². The Morgan fingerprint density at radius 1 is 1.22 bits per heavy atom. The number of piperidine rings is 1. The van der Waals surface area contributed by atoms with E-state index in [9.17, 15) is 14.0 Å². The lowest BCUT2D eigenvalue weighted by Gasteiger charge is -2.31. The molecule has 0 saturated carbocycles. The summed E-state index contributed by atoms with van der Waals surface area (Å²) in [6.45, 7) is 1.16. The summed E-state index contributed by atoms with van der Waals surface area (Å²) in [6, 6.07) is 7.08. The number of nitrogens with one attached hydrogen (secondary N) is 1. The summed E-state index contributed by atoms with van der Waals surface area (Å²) >= 11 is 14.6. The summed E-state index contributed by atoms with van der Waals surface area (Å²) in [5.41, 5.74) is 1.49. The predicted molar refractivity (Wildman–Crippen MR) is 137 cm³/mol. The molecule has 4 aromatic rings. The quantitative estimate of drug-likeness (QED) is 0.243. The minimum atomic E-state index is -0.651. The maximum atomic E-state index is 13.7. The van der Waals surface area contributed by atoms with Gasteiger partial charge < -0.3 is 9.42 Å². The van der Waals surface area contributed by atoms with E-state index in [-0.39, 0.29) is 22.6 Å². The van der Waals surface area contributed by atoms with Crippen molar-refractivity contribution in [1.82, 2.24) is 25.0 Å². The topological polar surface area (TPSA) is 105 Å². The number of aromatic amines is 1. The van der Waals surface area contributed by atoms with Gasteiger partial charge in [0, 0.05) is 36.0 Å². The van der Waals surface area contributed by atoms with Gasteiger partial charge in [-0.15, -0.1) is 11.3 Å². The average Bonchev–Trinajstić information content (AvgIpc) is 3.56. The third-order valence-electron chi connectivity index (χ3n) is 5.77. The highest BCUT2D eigenvalue weighted by molar-refractivity contribution is 7.99. The Labute approximate surface area is 222 Å². The second-order valence-corrected chi connectivity index (χ2v) is 10.8. The summed E-state index contributed by atoms with van der Waals surface area (Å²) in [4.78, 5) is 36.0. The maximum Gasteiger partial charge on any atom is 0.345 e. The Balaban J connectivity index is 1.17. The number of halogens is 3. The summed E-state index contributed by atoms with van der Waals surface area (Å²) in [5.74, 6) is 0.0696. The minimum Gasteiger partial charge on any atom is -0.354 e. The van der Waals surface area contributed by atoms with E-state index in [1.165, 1.54) is 0 Å². The number of hydrogen-bond acceptors (Lipinski definition) is 8. The van der Waals surface area contributed by atoms with Gasteiger partial charge >= 0.3 is 5.69 Å². The van der Waals surface area contributed by atoms with E-state index < -0.39 is 11.5 Å². The number of aromatic nitrogens is 4. The van der Waals surface area contributed by atoms with Crippen molar-refractivity contribution in [2.75, 3.05) is 18.8 Å². The van der Waals surface area contributed by atoms with E-state index in [1.807, 2.05) is 17.5 Å². The van der Waals surface area contributed by atoms with Gasteiger partial charge in [0.1, 0.15) is 16.4 Å². The molecule has 0 unspecified atom stereocenters. The van der Waals surface area contributed by atoms with Crippen molar-refractivity contribution in [1.29, 1.82) is 0 Å². The zero-order valence-corrected chi connectivity index (χ0v) is 21.7. The molecule has 0 bridgehead atoms. The Hall–Kier alpha value is -2.73. The van der Waals surface area contributed by atoms with Gasteiger partial charge in [-0.05, 0) is 25.0 Å². The van der Waals surface area contributed by atoms with Crippen molar-refractivity contribution >= 4 is 52.2 Å². The van der Waals surface area contributed by atoms with Crippen LogP contribution in [0.25, 0.3) is 22.7 Å². The number of nitrogens with zero attached hydrogens (tertiary/aromatic N) is 4. The standard InChI is InChI=1S/C23H18Cl2FN5O3S2/c24-14-2-1-13(7-15(14)25)17-8-19(34-30-17)18-10-35-21(28-18)12-3-5-31(6-4-12)20(32)11-36-22-16(26)9-27-23(33)29-22/h1-2,7-10,12H,3-6,11H2,(H,27,29,33). The number of thiazole rings is 1. The van der Waals surface area contributed by atoms with Crippen LogP contribution in [0.15, 0.2) is 50.2 Å². The SMILES string of the molecule is O=C(CSc1[nH]c(=O)ncc1F)N1CCC(c2nc(-c3cc(-c4ccc(Cl)c(Cl)c4)no3)cs2)CC1. The first kappa shape index (κ1) is 24.9. The molecule has 0 radical (unpaired) electrons. The molecule has 36 heavy (non-hydrogen) atoms. The lowest BCUT2D eigenvalue weighted by Crippen LogP contribution is -2.39. The van der Waals surface area contributed by atoms with Crippen LogP contribution in [0.1, 0.15) is 23.8 Å². The van der Waals surface area contributed by atoms with E-state index in [2.05, 4.69) is 15.1 Å². The van der Waals surface area contributed by atoms with E-state index in [1.54, 1.807) is 28.4 Å². The van der Waals surface area contributed by atoms with E-state index >= 15 is 0 Å². The van der Waals surface area contributed by atoms with Gasteiger partial charge in [-0.25, -0.2) is 14.2 Å². The molecule has 1 saturated heterocycles. The molecule has 0 atom stereocenters. The molecular weight excluding hydrogens is 548 g/mol. The lowest BCUT2D eigenvalue weighted by molar-refractivity contribution is -0.129. The third kappa shape index (κ3) is 5.49. The summed E-state index contributed by atoms with van der Waals surface area (Å²) in [6.07, 6.45) is 2.40. The van der Waals surface area contributed by atoms with E-state index in [0.717, 1.165) is 41.4 Å². The molecular formula is C23H18Cl2FN5O3S2. The van der Waals surface area contributed by atoms with E-state index in [4.69, 9.17) is 32.7 Å². The molecule has 186 valence electrons. The number of rotatable bonds is 6. The summed E-state index contributed by atoms with van der Waals surface area (Å²) in [7, 11) is 0. The summed E-state index contributed by atoms with van der Waals surface area (Å²) in [5, 5.41) is 7.98. The normalized spacial score (nSPS) is 14.4. The fourth-order valence-corrected chi connectivity index (χ4v) is 5.92. The Bertz CT molecular complexity index is 1470. The van der Waals surface area contributed by atoms with Crippen LogP contribution in [-0.2, 0) is 4.79 Å². The van der Waals surface area contributed by atoms with Crippen LogP contribution in [0.4, 0.5) is 4.39 Å². The molecule has 1 aromatic carbocycles. The molecule has 0 spiro atoms. The van der Waals surface area contributed by atoms with Gasteiger partial charge in [-0.3, -0.25) is 9.78 Å². The monoisotopic (exact) mass is 565 g/mol. The fraction of sp³-hybridized carbons (Fsp3) is 0.261. The van der Waals surface area contributed by atoms with Crippen molar-refractivity contribution in [2.24, 2.45) is 0 Å². The number of H-pyrrole nitrogens is 1. The van der Waals surface area contributed by atoms with Gasteiger partial charge in [0.15, 0.2) is 11.6 Å². The Morgan fingerprint density at radius 2 is 2.03 bits per heavy atom. The second-order valence-electron chi connectivity index (χ2n) is 8.09. The van der Waals surface area contributed by atoms with E-state index in [0.29, 0.717) is 40.3 Å². The van der Waals surface area contributed by atoms with Crippen LogP contribution >= 0.6 is 46.3 Å². The predicted octanol–water partition coefficient (Wildman–Crippen LogP) is 5.49. The first-order chi connectivity index (χ1) is 17.4. The van der Waals surface area contributed by atoms with Gasteiger partial charge in [0.25, 0.3) is 0 Å². The number of likely N-dealkylation sites (tertiary alicyclic amines) is 1. The molecule has 1 fully saturated rings. The first-order valence-electron chi connectivity index (χ1n) is 10.9. The molecule has 8 nitrogen and oxygen atoms in total. The molecule has 1 aliphatic rings. The van der Waals surface area contributed by atoms with Crippen molar-refractivity contribution in [3.8, 4) is 22.7 Å². The van der Waals surface area contributed by atoms with Crippen molar-refractivity contribution in [3.63, 3.8) is 0 Å². The molecule has 4 heterocycles. The highest BCUT2D eigenvalue weighted by Gasteiger charge is 2.26. The van der Waals surface area contributed by atoms with Crippen molar-refractivity contribution in [3.05, 3.63) is 67.2 Å². The van der Waals surface area contributed by atoms with Crippen LogP contribution in [-0.4, -0.2) is 49.8 Å². The van der Waals surface area contributed by atoms with Crippen LogP contribution in [0, 0.1) is 5.82 Å². The lowest BCUT2D eigenvalue weighted by atomic mass is 9.97. The zero-order valence-electron chi connectivity index (χ0n) is 18.5. The molecule has 1 aliphatic heterocycles. The first-order valence-corrected chi connectivity index (χ1v) is 13.5. The molecule has 1 amide bonds. The maximum absolute atomic E-state index is 13.7. The van der Waals surface area contributed by atoms with Crippen LogP contribution < -0.4 is 5.69 Å². The number of thioether (sulfide) groups is 1. The van der Waals surface area contributed by atoms with Gasteiger partial charge in [0.2, 0.25) is 5.91 Å². The number of benzene rings is 1. The molecule has 5 rings (SSSR count). The molecule has 1 N–H and O–H groups in total. The van der Waals surface area contributed by atoms with Crippen LogP contribution in [0.5, 0.6) is 0 Å². The molecule has 3 aromatic heterocycles. The Morgan fingerprint density at radius 3 is 2.81 bits per heavy atom. The van der Waals surface area contributed by atoms with Crippen LogP contribution in [0.3, 0.4) is 0 Å². The Kier molecular flexibility index (Phi) is 7.42. The fourth-order valence-electron chi connectivity index (χ4n) is 3.84. The van der Waals surface area contributed by atoms with Crippen LogP contribution in [0.2, 0.25) is 10.0 Å². The smallest absolute Gasteiger partial charge is 0.345 e. The highest BCUT2D eigenvalue weighted by Crippen LogP contribution is 2.35. The number of carbonyl (C=O) groups is 1. The summed E-state index contributed by atoms with van der Waals surface area (Å²) < 4.78 is 19.3. The largest absolute Gasteiger partial charge is 0.354 e.